The molecule has 3 rings (SSSR count). The van der Waals surface area contributed by atoms with Crippen LogP contribution >= 0.6 is 11.6 Å². The van der Waals surface area contributed by atoms with Crippen molar-refractivity contribution in [2.24, 2.45) is 11.8 Å². The standard InChI is InChI=1S/C20H22ClN3O2/c21-17-9-2-1-8-16(17)18-12-19(26-24-18)20(25)23-13-15-6-3-5-14(11-15)7-4-10-22/h1-2,8-9,12,14-15H,3-7,11,13H2,(H,23,25)/t14?,15-/m0/s1. The predicted octanol–water partition coefficient (Wildman–Crippen LogP) is 4.83. The fraction of sp³-hybridized carbons (Fsp3) is 0.450. The monoisotopic (exact) mass is 371 g/mol. The molecule has 2 atom stereocenters. The number of amides is 1. The fourth-order valence-corrected chi connectivity index (χ4v) is 3.85. The molecule has 1 N–H and O–H groups in total. The van der Waals surface area contributed by atoms with Crippen LogP contribution in [0.25, 0.3) is 11.3 Å². The number of aromatic nitrogens is 1. The highest BCUT2D eigenvalue weighted by molar-refractivity contribution is 6.33. The van der Waals surface area contributed by atoms with E-state index in [4.69, 9.17) is 21.4 Å². The molecule has 1 aromatic carbocycles. The molecule has 6 heteroatoms. The largest absolute Gasteiger partial charge is 0.350 e. The highest BCUT2D eigenvalue weighted by Gasteiger charge is 2.23. The molecule has 0 aliphatic heterocycles. The van der Waals surface area contributed by atoms with Crippen LogP contribution in [0, 0.1) is 23.2 Å². The average molecular weight is 372 g/mol. The molecule has 26 heavy (non-hydrogen) atoms. The lowest BCUT2D eigenvalue weighted by molar-refractivity contribution is 0.0903. The van der Waals surface area contributed by atoms with Crippen LogP contribution in [-0.2, 0) is 0 Å². The Labute approximate surface area is 158 Å². The van der Waals surface area contributed by atoms with Gasteiger partial charge in [-0.2, -0.15) is 5.26 Å². The summed E-state index contributed by atoms with van der Waals surface area (Å²) in [6.45, 7) is 0.629. The number of benzene rings is 1. The van der Waals surface area contributed by atoms with Gasteiger partial charge in [-0.25, -0.2) is 0 Å². The minimum absolute atomic E-state index is 0.191. The molecule has 0 saturated heterocycles. The number of carbonyl (C=O) groups is 1. The Morgan fingerprint density at radius 3 is 2.96 bits per heavy atom. The van der Waals surface area contributed by atoms with Gasteiger partial charge in [0, 0.05) is 24.6 Å². The molecule has 0 bridgehead atoms. The first-order valence-corrected chi connectivity index (χ1v) is 9.42. The van der Waals surface area contributed by atoms with Crippen molar-refractivity contribution < 1.29 is 9.32 Å². The zero-order valence-electron chi connectivity index (χ0n) is 14.6. The Kier molecular flexibility index (Phi) is 6.30. The van der Waals surface area contributed by atoms with Crippen molar-refractivity contribution in [1.82, 2.24) is 10.5 Å². The Balaban J connectivity index is 1.54. The molecule has 0 spiro atoms. The highest BCUT2D eigenvalue weighted by Crippen LogP contribution is 2.31. The molecule has 136 valence electrons. The summed E-state index contributed by atoms with van der Waals surface area (Å²) in [6.07, 6.45) is 6.12. The third-order valence-corrected chi connectivity index (χ3v) is 5.32. The van der Waals surface area contributed by atoms with Gasteiger partial charge in [0.15, 0.2) is 0 Å². The van der Waals surface area contributed by atoms with Crippen LogP contribution in [0.15, 0.2) is 34.9 Å². The molecule has 1 amide bonds. The minimum Gasteiger partial charge on any atom is -0.350 e. The van der Waals surface area contributed by atoms with E-state index in [9.17, 15) is 4.79 Å². The predicted molar refractivity (Wildman–Crippen MR) is 99.6 cm³/mol. The van der Waals surface area contributed by atoms with Crippen molar-refractivity contribution >= 4 is 17.5 Å². The second kappa shape index (κ2) is 8.86. The zero-order chi connectivity index (χ0) is 18.4. The first-order valence-electron chi connectivity index (χ1n) is 9.04. The first-order chi connectivity index (χ1) is 12.7. The van der Waals surface area contributed by atoms with Crippen LogP contribution in [0.5, 0.6) is 0 Å². The summed E-state index contributed by atoms with van der Waals surface area (Å²) >= 11 is 6.16. The molecule has 5 nitrogen and oxygen atoms in total. The summed E-state index contributed by atoms with van der Waals surface area (Å²) in [6, 6.07) is 11.2. The number of halogens is 1. The molecule has 1 fully saturated rings. The van der Waals surface area contributed by atoms with Crippen LogP contribution in [-0.4, -0.2) is 17.6 Å². The molecule has 0 radical (unpaired) electrons. The molecule has 1 saturated carbocycles. The number of carbonyl (C=O) groups excluding carboxylic acids is 1. The Hall–Kier alpha value is -2.32. The van der Waals surface area contributed by atoms with Crippen molar-refractivity contribution in [3.05, 3.63) is 41.1 Å². The smallest absolute Gasteiger partial charge is 0.289 e. The van der Waals surface area contributed by atoms with Crippen molar-refractivity contribution in [1.29, 1.82) is 5.26 Å². The van der Waals surface area contributed by atoms with Gasteiger partial charge in [-0.15, -0.1) is 0 Å². The van der Waals surface area contributed by atoms with Crippen LogP contribution in [0.3, 0.4) is 0 Å². The zero-order valence-corrected chi connectivity index (χ0v) is 15.3. The number of hydrogen-bond acceptors (Lipinski definition) is 4. The highest BCUT2D eigenvalue weighted by atomic mass is 35.5. The average Bonchev–Trinajstić information content (AvgIpc) is 3.15. The summed E-state index contributed by atoms with van der Waals surface area (Å²) in [5, 5.41) is 16.2. The van der Waals surface area contributed by atoms with Gasteiger partial charge in [0.2, 0.25) is 5.76 Å². The van der Waals surface area contributed by atoms with E-state index in [0.717, 1.165) is 31.2 Å². The maximum absolute atomic E-state index is 12.3. The lowest BCUT2D eigenvalue weighted by Crippen LogP contribution is -2.31. The van der Waals surface area contributed by atoms with E-state index >= 15 is 0 Å². The van der Waals surface area contributed by atoms with E-state index in [1.54, 1.807) is 12.1 Å². The molecule has 1 unspecified atom stereocenters. The summed E-state index contributed by atoms with van der Waals surface area (Å²) < 4.78 is 5.19. The van der Waals surface area contributed by atoms with E-state index in [0.29, 0.717) is 35.5 Å². The van der Waals surface area contributed by atoms with Crippen LogP contribution in [0.4, 0.5) is 0 Å². The molecular weight excluding hydrogens is 350 g/mol. The van der Waals surface area contributed by atoms with Gasteiger partial charge in [0.1, 0.15) is 5.69 Å². The van der Waals surface area contributed by atoms with Crippen LogP contribution < -0.4 is 5.32 Å². The van der Waals surface area contributed by atoms with Gasteiger partial charge in [-0.05, 0) is 37.2 Å². The van der Waals surface area contributed by atoms with E-state index < -0.39 is 0 Å². The number of nitriles is 1. The normalized spacial score (nSPS) is 19.7. The molecule has 2 aromatic rings. The topological polar surface area (TPSA) is 78.9 Å². The molecular formula is C20H22ClN3O2. The van der Waals surface area contributed by atoms with E-state index in [1.807, 2.05) is 18.2 Å². The van der Waals surface area contributed by atoms with Gasteiger partial charge in [0.05, 0.1) is 11.1 Å². The van der Waals surface area contributed by atoms with Crippen molar-refractivity contribution in [2.45, 2.75) is 38.5 Å². The van der Waals surface area contributed by atoms with E-state index in [-0.39, 0.29) is 11.7 Å². The Morgan fingerprint density at radius 1 is 1.35 bits per heavy atom. The van der Waals surface area contributed by atoms with Gasteiger partial charge in [-0.3, -0.25) is 4.79 Å². The summed E-state index contributed by atoms with van der Waals surface area (Å²) in [4.78, 5) is 12.3. The Bertz CT molecular complexity index is 796. The maximum atomic E-state index is 12.3. The van der Waals surface area contributed by atoms with Crippen LogP contribution in [0.1, 0.15) is 49.1 Å². The first kappa shape index (κ1) is 18.5. The Morgan fingerprint density at radius 2 is 2.15 bits per heavy atom. The second-order valence-corrected chi connectivity index (χ2v) is 7.27. The van der Waals surface area contributed by atoms with E-state index in [2.05, 4.69) is 16.5 Å². The van der Waals surface area contributed by atoms with Crippen LogP contribution in [0.2, 0.25) is 5.02 Å². The SMILES string of the molecule is N#CCCC1CCC[C@H](CNC(=O)c2cc(-c3ccccc3Cl)no2)C1. The van der Waals surface area contributed by atoms with Crippen molar-refractivity contribution in [3.63, 3.8) is 0 Å². The maximum Gasteiger partial charge on any atom is 0.289 e. The molecule has 1 aliphatic rings. The lowest BCUT2D eigenvalue weighted by Gasteiger charge is -2.28. The second-order valence-electron chi connectivity index (χ2n) is 6.86. The minimum atomic E-state index is -0.255. The van der Waals surface area contributed by atoms with Gasteiger partial charge in [0.25, 0.3) is 5.91 Å². The van der Waals surface area contributed by atoms with Gasteiger partial charge in [-0.1, -0.05) is 47.8 Å². The number of nitrogens with zero attached hydrogens (tertiary/aromatic N) is 2. The number of nitrogens with one attached hydrogen (secondary N) is 1. The summed E-state index contributed by atoms with van der Waals surface area (Å²) in [5.74, 6) is 0.997. The summed E-state index contributed by atoms with van der Waals surface area (Å²) in [5.41, 5.74) is 1.29. The lowest BCUT2D eigenvalue weighted by atomic mass is 9.79. The quantitative estimate of drug-likeness (QED) is 0.788. The third-order valence-electron chi connectivity index (χ3n) is 4.99. The fourth-order valence-electron chi connectivity index (χ4n) is 3.62. The number of rotatable bonds is 6. The molecule has 1 heterocycles. The van der Waals surface area contributed by atoms with Gasteiger partial charge >= 0.3 is 0 Å². The van der Waals surface area contributed by atoms with Crippen molar-refractivity contribution in [3.8, 4) is 17.3 Å². The molecule has 1 aromatic heterocycles. The third kappa shape index (κ3) is 4.64. The number of hydrogen-bond donors (Lipinski definition) is 1. The summed E-state index contributed by atoms with van der Waals surface area (Å²) in [7, 11) is 0. The van der Waals surface area contributed by atoms with E-state index in [1.165, 1.54) is 6.42 Å². The van der Waals surface area contributed by atoms with Crippen molar-refractivity contribution in [2.75, 3.05) is 6.54 Å². The van der Waals surface area contributed by atoms with Gasteiger partial charge < -0.3 is 9.84 Å². The molecule has 1 aliphatic carbocycles.